The maximum atomic E-state index is 12.5. The van der Waals surface area contributed by atoms with E-state index >= 15 is 0 Å². The Morgan fingerprint density at radius 1 is 1.25 bits per heavy atom. The summed E-state index contributed by atoms with van der Waals surface area (Å²) < 4.78 is 6.64. The van der Waals surface area contributed by atoms with E-state index in [0.717, 1.165) is 11.3 Å². The van der Waals surface area contributed by atoms with Crippen molar-refractivity contribution in [2.75, 3.05) is 13.0 Å². The van der Waals surface area contributed by atoms with Crippen LogP contribution >= 0.6 is 23.4 Å². The Labute approximate surface area is 172 Å². The molecule has 7 nitrogen and oxygen atoms in total. The average Bonchev–Trinajstić information content (AvgIpc) is 3.06. The Morgan fingerprint density at radius 3 is 2.71 bits per heavy atom. The van der Waals surface area contributed by atoms with Gasteiger partial charge in [-0.1, -0.05) is 53.7 Å². The molecular formula is C19H20ClN5O2S. The van der Waals surface area contributed by atoms with E-state index in [9.17, 15) is 4.79 Å². The van der Waals surface area contributed by atoms with Gasteiger partial charge in [0.2, 0.25) is 11.1 Å². The van der Waals surface area contributed by atoms with E-state index in [1.165, 1.54) is 16.4 Å². The summed E-state index contributed by atoms with van der Waals surface area (Å²) in [4.78, 5) is 12.5. The fourth-order valence-corrected chi connectivity index (χ4v) is 3.59. The Morgan fingerprint density at radius 2 is 1.96 bits per heavy atom. The highest BCUT2D eigenvalue weighted by Gasteiger charge is 2.20. The number of benzene rings is 2. The minimum Gasteiger partial charge on any atom is -0.496 e. The zero-order chi connectivity index (χ0) is 20.1. The van der Waals surface area contributed by atoms with Crippen molar-refractivity contribution >= 4 is 29.3 Å². The molecule has 0 saturated heterocycles. The summed E-state index contributed by atoms with van der Waals surface area (Å²) in [5.41, 5.74) is 1.58. The molecule has 9 heteroatoms. The highest BCUT2D eigenvalue weighted by Crippen LogP contribution is 2.29. The molecule has 3 aromatic rings. The van der Waals surface area contributed by atoms with Crippen molar-refractivity contribution in [3.8, 4) is 17.1 Å². The second kappa shape index (κ2) is 8.99. The van der Waals surface area contributed by atoms with Crippen LogP contribution in [0.3, 0.4) is 0 Å². The van der Waals surface area contributed by atoms with Crippen molar-refractivity contribution in [2.45, 2.75) is 23.9 Å². The number of nitrogens with one attached hydrogen (secondary N) is 1. The molecule has 0 aliphatic heterocycles. The molecule has 1 heterocycles. The lowest BCUT2D eigenvalue weighted by Gasteiger charge is -2.13. The quantitative estimate of drug-likeness (QED) is 0.453. The lowest BCUT2D eigenvalue weighted by molar-refractivity contribution is -0.120. The van der Waals surface area contributed by atoms with Crippen LogP contribution in [0.25, 0.3) is 11.4 Å². The summed E-state index contributed by atoms with van der Waals surface area (Å²) in [7, 11) is 1.60. The Bertz CT molecular complexity index is 978. The van der Waals surface area contributed by atoms with Crippen LogP contribution in [0.2, 0.25) is 5.02 Å². The molecule has 0 bridgehead atoms. The number of para-hydroxylation sites is 1. The molecule has 1 atom stereocenters. The van der Waals surface area contributed by atoms with Gasteiger partial charge in [-0.15, -0.1) is 10.2 Å². The molecule has 3 N–H and O–H groups in total. The first kappa shape index (κ1) is 20.0. The predicted octanol–water partition coefficient (Wildman–Crippen LogP) is 3.12. The number of carbonyl (C=O) groups excluding carboxylic acids is 1. The molecule has 28 heavy (non-hydrogen) atoms. The number of hydrogen-bond donors (Lipinski definition) is 2. The molecule has 2 aromatic carbocycles. The minimum absolute atomic E-state index is 0.141. The number of ether oxygens (including phenoxy) is 1. The first-order valence-corrected chi connectivity index (χ1v) is 9.78. The number of rotatable bonds is 7. The van der Waals surface area contributed by atoms with Crippen molar-refractivity contribution < 1.29 is 9.53 Å². The molecule has 0 spiro atoms. The number of halogens is 1. The van der Waals surface area contributed by atoms with Crippen LogP contribution < -0.4 is 15.9 Å². The highest BCUT2D eigenvalue weighted by molar-refractivity contribution is 8.00. The molecule has 0 aliphatic rings. The Balaban J connectivity index is 1.65. The summed E-state index contributed by atoms with van der Waals surface area (Å²) in [5.74, 6) is 7.15. The summed E-state index contributed by atoms with van der Waals surface area (Å²) in [5, 5.41) is 11.6. The van der Waals surface area contributed by atoms with Gasteiger partial charge in [-0.3, -0.25) is 4.79 Å². The second-order valence-electron chi connectivity index (χ2n) is 5.95. The maximum absolute atomic E-state index is 12.5. The zero-order valence-corrected chi connectivity index (χ0v) is 17.0. The SMILES string of the molecule is COc1ccccc1CNC(=O)[C@H](C)Sc1nnc(-c2ccccc2Cl)n1N. The molecule has 0 radical (unpaired) electrons. The van der Waals surface area contributed by atoms with Gasteiger partial charge in [0.05, 0.1) is 17.4 Å². The molecule has 1 aromatic heterocycles. The van der Waals surface area contributed by atoms with E-state index in [-0.39, 0.29) is 5.91 Å². The van der Waals surface area contributed by atoms with Gasteiger partial charge in [0.1, 0.15) is 5.75 Å². The van der Waals surface area contributed by atoms with E-state index in [4.69, 9.17) is 22.2 Å². The monoisotopic (exact) mass is 417 g/mol. The van der Waals surface area contributed by atoms with Crippen LogP contribution in [0.5, 0.6) is 5.75 Å². The normalized spacial score (nSPS) is 11.8. The molecule has 0 fully saturated rings. The fraction of sp³-hybridized carbons (Fsp3) is 0.211. The van der Waals surface area contributed by atoms with Crippen LogP contribution in [-0.4, -0.2) is 33.1 Å². The molecule has 0 saturated carbocycles. The number of methoxy groups -OCH3 is 1. The molecule has 0 unspecified atom stereocenters. The first-order chi connectivity index (χ1) is 13.5. The van der Waals surface area contributed by atoms with Crippen molar-refractivity contribution in [3.05, 3.63) is 59.1 Å². The van der Waals surface area contributed by atoms with Gasteiger partial charge in [0, 0.05) is 17.7 Å². The molecule has 3 rings (SSSR count). The number of nitrogens with zero attached hydrogens (tertiary/aromatic N) is 3. The van der Waals surface area contributed by atoms with Gasteiger partial charge in [-0.2, -0.15) is 0 Å². The number of thioether (sulfide) groups is 1. The zero-order valence-electron chi connectivity index (χ0n) is 15.4. The Kier molecular flexibility index (Phi) is 6.43. The van der Waals surface area contributed by atoms with Gasteiger partial charge < -0.3 is 15.9 Å². The second-order valence-corrected chi connectivity index (χ2v) is 7.66. The van der Waals surface area contributed by atoms with Gasteiger partial charge in [0.15, 0.2) is 5.82 Å². The van der Waals surface area contributed by atoms with E-state index in [1.54, 1.807) is 20.1 Å². The van der Waals surface area contributed by atoms with Crippen LogP contribution in [0, 0.1) is 0 Å². The fourth-order valence-electron chi connectivity index (χ4n) is 2.57. The number of nitrogen functional groups attached to an aromatic ring is 1. The van der Waals surface area contributed by atoms with Gasteiger partial charge in [-0.05, 0) is 25.1 Å². The number of hydrogen-bond acceptors (Lipinski definition) is 6. The van der Waals surface area contributed by atoms with Crippen LogP contribution in [0.1, 0.15) is 12.5 Å². The minimum atomic E-state index is -0.416. The van der Waals surface area contributed by atoms with Gasteiger partial charge in [-0.25, -0.2) is 4.68 Å². The average molecular weight is 418 g/mol. The lowest BCUT2D eigenvalue weighted by atomic mass is 10.2. The van der Waals surface area contributed by atoms with Crippen molar-refractivity contribution in [3.63, 3.8) is 0 Å². The molecular weight excluding hydrogens is 398 g/mol. The van der Waals surface area contributed by atoms with Crippen LogP contribution in [0.15, 0.2) is 53.7 Å². The smallest absolute Gasteiger partial charge is 0.233 e. The lowest BCUT2D eigenvalue weighted by Crippen LogP contribution is -2.31. The predicted molar refractivity (Wildman–Crippen MR) is 111 cm³/mol. The van der Waals surface area contributed by atoms with E-state index in [1.807, 2.05) is 42.5 Å². The maximum Gasteiger partial charge on any atom is 0.233 e. The van der Waals surface area contributed by atoms with Crippen LogP contribution in [0.4, 0.5) is 0 Å². The first-order valence-electron chi connectivity index (χ1n) is 8.53. The number of aromatic nitrogens is 3. The number of amides is 1. The number of nitrogens with two attached hydrogens (primary N) is 1. The van der Waals surface area contributed by atoms with Gasteiger partial charge >= 0.3 is 0 Å². The van der Waals surface area contributed by atoms with E-state index in [2.05, 4.69) is 15.5 Å². The van der Waals surface area contributed by atoms with E-state index < -0.39 is 5.25 Å². The highest BCUT2D eigenvalue weighted by atomic mass is 35.5. The molecule has 146 valence electrons. The Hall–Kier alpha value is -2.71. The van der Waals surface area contributed by atoms with Crippen molar-refractivity contribution in [2.24, 2.45) is 0 Å². The molecule has 1 amide bonds. The van der Waals surface area contributed by atoms with Crippen LogP contribution in [-0.2, 0) is 11.3 Å². The third-order valence-corrected chi connectivity index (χ3v) is 5.46. The van der Waals surface area contributed by atoms with Crippen molar-refractivity contribution in [1.29, 1.82) is 0 Å². The van der Waals surface area contributed by atoms with E-state index in [0.29, 0.717) is 28.1 Å². The third-order valence-electron chi connectivity index (χ3n) is 4.08. The third kappa shape index (κ3) is 4.40. The topological polar surface area (TPSA) is 95.1 Å². The standard InChI is InChI=1S/C19H20ClN5O2S/c1-12(18(26)22-11-13-7-3-6-10-16(13)27-2)28-19-24-23-17(25(19)21)14-8-4-5-9-15(14)20/h3-10,12H,11,21H2,1-2H3,(H,22,26)/t12-/m0/s1. The summed E-state index contributed by atoms with van der Waals surface area (Å²) in [6.45, 7) is 2.15. The summed E-state index contributed by atoms with van der Waals surface area (Å²) in [6, 6.07) is 14.8. The summed E-state index contributed by atoms with van der Waals surface area (Å²) >= 11 is 7.43. The van der Waals surface area contributed by atoms with Crippen molar-refractivity contribution in [1.82, 2.24) is 20.2 Å². The summed E-state index contributed by atoms with van der Waals surface area (Å²) in [6.07, 6.45) is 0. The largest absolute Gasteiger partial charge is 0.496 e. The molecule has 0 aliphatic carbocycles. The number of carbonyl (C=O) groups is 1. The van der Waals surface area contributed by atoms with Gasteiger partial charge in [0.25, 0.3) is 0 Å².